The van der Waals surface area contributed by atoms with E-state index in [-0.39, 0.29) is 11.2 Å². The van der Waals surface area contributed by atoms with Crippen LogP contribution in [0, 0.1) is 12.4 Å². The predicted molar refractivity (Wildman–Crippen MR) is 99.3 cm³/mol. The van der Waals surface area contributed by atoms with Crippen molar-refractivity contribution in [2.45, 2.75) is 32.1 Å². The van der Waals surface area contributed by atoms with E-state index in [1.807, 2.05) is 24.3 Å². The van der Waals surface area contributed by atoms with Crippen molar-refractivity contribution < 1.29 is 4.39 Å². The molecule has 0 spiro atoms. The van der Waals surface area contributed by atoms with Crippen molar-refractivity contribution in [3.05, 3.63) is 83.2 Å². The normalized spacial score (nSPS) is 11.2. The van der Waals surface area contributed by atoms with E-state index in [2.05, 4.69) is 33.9 Å². The van der Waals surface area contributed by atoms with Crippen LogP contribution in [-0.2, 0) is 11.8 Å². The van der Waals surface area contributed by atoms with E-state index in [0.29, 0.717) is 11.5 Å². The minimum absolute atomic E-state index is 0.0992. The maximum Gasteiger partial charge on any atom is 0.187 e. The summed E-state index contributed by atoms with van der Waals surface area (Å²) < 4.78 is 13.1. The average Bonchev–Trinajstić information content (AvgIpc) is 2.67. The Morgan fingerprint density at radius 2 is 1.85 bits per heavy atom. The molecule has 0 unspecified atom stereocenters. The summed E-state index contributed by atoms with van der Waals surface area (Å²) in [5.41, 5.74) is 3.14. The fourth-order valence-electron chi connectivity index (χ4n) is 2.75. The second-order valence-corrected chi connectivity index (χ2v) is 6.83. The molecule has 0 amide bonds. The van der Waals surface area contributed by atoms with Crippen LogP contribution in [0.5, 0.6) is 0 Å². The van der Waals surface area contributed by atoms with Gasteiger partial charge >= 0.3 is 0 Å². The third kappa shape index (κ3) is 4.09. The van der Waals surface area contributed by atoms with E-state index < -0.39 is 0 Å². The third-order valence-corrected chi connectivity index (χ3v) is 4.47. The Balaban J connectivity index is 1.69. The van der Waals surface area contributed by atoms with Crippen molar-refractivity contribution in [1.82, 2.24) is 15.2 Å². The van der Waals surface area contributed by atoms with Crippen LogP contribution < -0.4 is 0 Å². The molecule has 0 N–H and O–H groups in total. The van der Waals surface area contributed by atoms with Crippen LogP contribution >= 0.6 is 0 Å². The largest absolute Gasteiger partial charge is 0.238 e. The van der Waals surface area contributed by atoms with Crippen molar-refractivity contribution in [3.63, 3.8) is 0 Å². The summed E-state index contributed by atoms with van der Waals surface area (Å²) in [4.78, 5) is 7.80. The van der Waals surface area contributed by atoms with Crippen LogP contribution in [0.1, 0.15) is 31.5 Å². The predicted octanol–water partition coefficient (Wildman–Crippen LogP) is 5.14. The molecule has 1 aromatic heterocycles. The monoisotopic (exact) mass is 346 g/mol. The number of rotatable bonds is 5. The number of hydrogen-bond acceptors (Lipinski definition) is 3. The zero-order valence-corrected chi connectivity index (χ0v) is 14.8. The van der Waals surface area contributed by atoms with Crippen LogP contribution in [0.4, 0.5) is 10.1 Å². The molecule has 5 heteroatoms. The van der Waals surface area contributed by atoms with Crippen molar-refractivity contribution in [1.29, 1.82) is 0 Å². The highest BCUT2D eigenvalue weighted by atomic mass is 19.1. The molecule has 3 aromatic rings. The van der Waals surface area contributed by atoms with Crippen LogP contribution in [0.15, 0.2) is 54.7 Å². The summed E-state index contributed by atoms with van der Waals surface area (Å²) in [6.07, 6.45) is 3.31. The summed E-state index contributed by atoms with van der Waals surface area (Å²) in [7, 11) is 0. The first-order chi connectivity index (χ1) is 12.5. The lowest BCUT2D eigenvalue weighted by molar-refractivity contribution is 0.474. The lowest BCUT2D eigenvalue weighted by atomic mass is 9.80. The number of aryl methyl sites for hydroxylation is 1. The van der Waals surface area contributed by atoms with E-state index in [4.69, 9.17) is 6.57 Å². The number of hydrogen-bond donors (Lipinski definition) is 0. The second-order valence-electron chi connectivity index (χ2n) is 6.83. The topological polar surface area (TPSA) is 43.0 Å². The lowest BCUT2D eigenvalue weighted by Crippen LogP contribution is -2.18. The molecule has 0 fully saturated rings. The van der Waals surface area contributed by atoms with Crippen LogP contribution in [0.3, 0.4) is 0 Å². The first kappa shape index (κ1) is 17.7. The first-order valence-corrected chi connectivity index (χ1v) is 8.40. The second kappa shape index (κ2) is 7.40. The Labute approximate surface area is 152 Å². The van der Waals surface area contributed by atoms with Crippen molar-refractivity contribution >= 4 is 5.69 Å². The molecule has 0 atom stereocenters. The smallest absolute Gasteiger partial charge is 0.187 e. The molecule has 3 rings (SSSR count). The SMILES string of the molecule is [C-]#[N+]c1cccc(-c2ncc(CCC(C)(C)c3ccc(F)cc3)nn2)c1. The molecule has 2 aromatic carbocycles. The number of nitrogens with zero attached hydrogens (tertiary/aromatic N) is 4. The van der Waals surface area contributed by atoms with Crippen molar-refractivity contribution in [2.24, 2.45) is 0 Å². The van der Waals surface area contributed by atoms with Gasteiger partial charge in [-0.3, -0.25) is 0 Å². The maximum absolute atomic E-state index is 13.1. The van der Waals surface area contributed by atoms with Gasteiger partial charge in [0.05, 0.1) is 18.5 Å². The summed E-state index contributed by atoms with van der Waals surface area (Å²) in [5.74, 6) is 0.287. The molecular formula is C21H19FN4. The molecule has 0 aliphatic rings. The van der Waals surface area contributed by atoms with Gasteiger partial charge in [-0.05, 0) is 42.0 Å². The molecule has 0 aliphatic carbocycles. The minimum atomic E-state index is -0.225. The number of benzene rings is 2. The minimum Gasteiger partial charge on any atom is -0.238 e. The van der Waals surface area contributed by atoms with Gasteiger partial charge in [0, 0.05) is 5.56 Å². The molecule has 1 heterocycles. The highest BCUT2D eigenvalue weighted by Crippen LogP contribution is 2.28. The molecule has 0 saturated heterocycles. The molecule has 4 nitrogen and oxygen atoms in total. The highest BCUT2D eigenvalue weighted by Gasteiger charge is 2.21. The van der Waals surface area contributed by atoms with Gasteiger partial charge in [0.1, 0.15) is 5.82 Å². The zero-order chi connectivity index (χ0) is 18.6. The average molecular weight is 346 g/mol. The Hall–Kier alpha value is -3.13. The molecular weight excluding hydrogens is 327 g/mol. The lowest BCUT2D eigenvalue weighted by Gasteiger charge is -2.25. The van der Waals surface area contributed by atoms with Crippen molar-refractivity contribution in [3.8, 4) is 11.4 Å². The fourth-order valence-corrected chi connectivity index (χ4v) is 2.75. The van der Waals surface area contributed by atoms with Gasteiger partial charge in [0.2, 0.25) is 0 Å². The van der Waals surface area contributed by atoms with E-state index in [9.17, 15) is 4.39 Å². The Morgan fingerprint density at radius 1 is 1.08 bits per heavy atom. The summed E-state index contributed by atoms with van der Waals surface area (Å²) in [6, 6.07) is 13.8. The molecule has 130 valence electrons. The first-order valence-electron chi connectivity index (χ1n) is 8.40. The van der Waals surface area contributed by atoms with E-state index in [1.165, 1.54) is 12.1 Å². The molecule has 0 bridgehead atoms. The van der Waals surface area contributed by atoms with Gasteiger partial charge in [-0.15, -0.1) is 5.10 Å². The van der Waals surface area contributed by atoms with E-state index in [1.54, 1.807) is 18.3 Å². The Morgan fingerprint density at radius 3 is 2.50 bits per heavy atom. The quantitative estimate of drug-likeness (QED) is 0.601. The fraction of sp³-hybridized carbons (Fsp3) is 0.238. The summed E-state index contributed by atoms with van der Waals surface area (Å²) in [5, 5.41) is 8.47. The number of aromatic nitrogens is 3. The van der Waals surface area contributed by atoms with E-state index in [0.717, 1.165) is 29.7 Å². The van der Waals surface area contributed by atoms with Gasteiger partial charge in [0.15, 0.2) is 11.5 Å². The van der Waals surface area contributed by atoms with Crippen LogP contribution in [-0.4, -0.2) is 15.2 Å². The zero-order valence-electron chi connectivity index (χ0n) is 14.8. The van der Waals surface area contributed by atoms with Gasteiger partial charge in [-0.1, -0.05) is 44.2 Å². The van der Waals surface area contributed by atoms with Gasteiger partial charge in [-0.25, -0.2) is 14.2 Å². The van der Waals surface area contributed by atoms with Gasteiger partial charge in [-0.2, -0.15) is 5.10 Å². The number of halogens is 1. The molecule has 0 aliphatic heterocycles. The summed E-state index contributed by atoms with van der Waals surface area (Å²) >= 11 is 0. The summed E-state index contributed by atoms with van der Waals surface area (Å²) in [6.45, 7) is 11.3. The Kier molecular flexibility index (Phi) is 5.04. The molecule has 0 saturated carbocycles. The maximum atomic E-state index is 13.1. The van der Waals surface area contributed by atoms with Crippen molar-refractivity contribution in [2.75, 3.05) is 0 Å². The van der Waals surface area contributed by atoms with Gasteiger partial charge in [0.25, 0.3) is 0 Å². The standard InChI is InChI=1S/C21H19FN4/c1-21(2,16-7-9-17(22)10-8-16)12-11-19-14-24-20(26-25-19)15-5-4-6-18(13-15)23-3/h4-10,13-14H,11-12H2,1-2H3. The highest BCUT2D eigenvalue weighted by molar-refractivity contribution is 5.62. The third-order valence-electron chi connectivity index (χ3n) is 4.47. The van der Waals surface area contributed by atoms with Crippen LogP contribution in [0.25, 0.3) is 16.2 Å². The Bertz CT molecular complexity index is 925. The molecule has 26 heavy (non-hydrogen) atoms. The molecule has 0 radical (unpaired) electrons. The van der Waals surface area contributed by atoms with E-state index >= 15 is 0 Å². The van der Waals surface area contributed by atoms with Gasteiger partial charge < -0.3 is 0 Å². The van der Waals surface area contributed by atoms with Crippen LogP contribution in [0.2, 0.25) is 0 Å².